The number of rotatable bonds is 5. The third kappa shape index (κ3) is 3.35. The van der Waals surface area contributed by atoms with Crippen LogP contribution >= 0.6 is 0 Å². The van der Waals surface area contributed by atoms with Crippen LogP contribution in [-0.2, 0) is 13.5 Å². The van der Waals surface area contributed by atoms with Crippen molar-refractivity contribution in [3.05, 3.63) is 59.4 Å². The number of benzene rings is 1. The Kier molecular flexibility index (Phi) is 4.42. The standard InChI is InChI=1S/C19H23N3O2/c1-22-13-15(17(20)23)11-16(22)18(24)21-19(9-5-6-10-19)12-14-7-3-2-4-8-14/h2-4,7-8,11,13H,5-6,9-10,12H2,1H3,(H2,20,23)(H,21,24). The third-order valence-electron chi connectivity index (χ3n) is 4.85. The van der Waals surface area contributed by atoms with E-state index in [9.17, 15) is 9.59 Å². The zero-order chi connectivity index (χ0) is 17.2. The molecule has 1 heterocycles. The molecule has 0 unspecified atom stereocenters. The molecule has 1 aromatic heterocycles. The minimum Gasteiger partial charge on any atom is -0.366 e. The van der Waals surface area contributed by atoms with Crippen LogP contribution < -0.4 is 11.1 Å². The number of aryl methyl sites for hydroxylation is 1. The maximum Gasteiger partial charge on any atom is 0.268 e. The maximum absolute atomic E-state index is 12.8. The molecule has 126 valence electrons. The summed E-state index contributed by atoms with van der Waals surface area (Å²) in [7, 11) is 1.75. The van der Waals surface area contributed by atoms with E-state index in [4.69, 9.17) is 5.73 Å². The van der Waals surface area contributed by atoms with Crippen molar-refractivity contribution in [1.82, 2.24) is 9.88 Å². The fourth-order valence-electron chi connectivity index (χ4n) is 3.61. The lowest BCUT2D eigenvalue weighted by Gasteiger charge is -2.30. The predicted octanol–water partition coefficient (Wildman–Crippen LogP) is 2.41. The van der Waals surface area contributed by atoms with Crippen molar-refractivity contribution in [2.24, 2.45) is 12.8 Å². The average Bonchev–Trinajstić information content (AvgIpc) is 3.15. The second kappa shape index (κ2) is 6.51. The SMILES string of the molecule is Cn1cc(C(N)=O)cc1C(=O)NC1(Cc2ccccc2)CCCC1. The Morgan fingerprint density at radius 3 is 2.46 bits per heavy atom. The van der Waals surface area contributed by atoms with E-state index < -0.39 is 5.91 Å². The van der Waals surface area contributed by atoms with Crippen molar-refractivity contribution in [2.75, 3.05) is 0 Å². The molecule has 2 amide bonds. The smallest absolute Gasteiger partial charge is 0.268 e. The predicted molar refractivity (Wildman–Crippen MR) is 92.7 cm³/mol. The van der Waals surface area contributed by atoms with Crippen molar-refractivity contribution >= 4 is 11.8 Å². The molecule has 1 aliphatic rings. The molecule has 1 aromatic carbocycles. The quantitative estimate of drug-likeness (QED) is 0.885. The summed E-state index contributed by atoms with van der Waals surface area (Å²) in [6.45, 7) is 0. The minimum absolute atomic E-state index is 0.150. The molecule has 0 bridgehead atoms. The lowest BCUT2D eigenvalue weighted by atomic mass is 9.89. The van der Waals surface area contributed by atoms with Crippen LogP contribution in [0, 0.1) is 0 Å². The molecule has 2 aromatic rings. The largest absolute Gasteiger partial charge is 0.366 e. The number of hydrogen-bond acceptors (Lipinski definition) is 2. The van der Waals surface area contributed by atoms with Crippen LogP contribution in [0.3, 0.4) is 0 Å². The van der Waals surface area contributed by atoms with Gasteiger partial charge in [0.1, 0.15) is 5.69 Å². The molecular weight excluding hydrogens is 302 g/mol. The fourth-order valence-corrected chi connectivity index (χ4v) is 3.61. The average molecular weight is 325 g/mol. The highest BCUT2D eigenvalue weighted by Gasteiger charge is 2.36. The van der Waals surface area contributed by atoms with E-state index in [1.807, 2.05) is 18.2 Å². The molecule has 1 aliphatic carbocycles. The fraction of sp³-hybridized carbons (Fsp3) is 0.368. The van der Waals surface area contributed by atoms with Crippen LogP contribution in [0.1, 0.15) is 52.1 Å². The molecule has 1 fully saturated rings. The molecule has 0 radical (unpaired) electrons. The number of hydrogen-bond donors (Lipinski definition) is 2. The number of carbonyl (C=O) groups excluding carboxylic acids is 2. The second-order valence-corrected chi connectivity index (χ2v) is 6.69. The van der Waals surface area contributed by atoms with Gasteiger partial charge in [-0.1, -0.05) is 43.2 Å². The van der Waals surface area contributed by atoms with Crippen molar-refractivity contribution in [3.63, 3.8) is 0 Å². The van der Waals surface area contributed by atoms with Crippen LogP contribution in [0.4, 0.5) is 0 Å². The maximum atomic E-state index is 12.8. The summed E-state index contributed by atoms with van der Waals surface area (Å²) in [4.78, 5) is 24.1. The van der Waals surface area contributed by atoms with Gasteiger partial charge in [-0.25, -0.2) is 0 Å². The van der Waals surface area contributed by atoms with Gasteiger partial charge in [0.15, 0.2) is 0 Å². The lowest BCUT2D eigenvalue weighted by Crippen LogP contribution is -2.48. The zero-order valence-corrected chi connectivity index (χ0v) is 13.9. The van der Waals surface area contributed by atoms with Gasteiger partial charge in [-0.05, 0) is 30.9 Å². The van der Waals surface area contributed by atoms with Gasteiger partial charge in [-0.15, -0.1) is 0 Å². The molecule has 0 atom stereocenters. The molecule has 1 saturated carbocycles. The second-order valence-electron chi connectivity index (χ2n) is 6.69. The van der Waals surface area contributed by atoms with Gasteiger partial charge >= 0.3 is 0 Å². The van der Waals surface area contributed by atoms with Crippen molar-refractivity contribution < 1.29 is 9.59 Å². The first-order chi connectivity index (χ1) is 11.5. The van der Waals surface area contributed by atoms with E-state index >= 15 is 0 Å². The molecule has 3 N–H and O–H groups in total. The summed E-state index contributed by atoms with van der Waals surface area (Å²) in [6, 6.07) is 11.8. The summed E-state index contributed by atoms with van der Waals surface area (Å²) < 4.78 is 1.65. The highest BCUT2D eigenvalue weighted by atomic mass is 16.2. The van der Waals surface area contributed by atoms with E-state index in [1.165, 1.54) is 5.56 Å². The number of aromatic nitrogens is 1. The van der Waals surface area contributed by atoms with Crippen LogP contribution in [0.15, 0.2) is 42.6 Å². The van der Waals surface area contributed by atoms with Gasteiger partial charge in [-0.2, -0.15) is 0 Å². The number of nitrogens with two attached hydrogens (primary N) is 1. The van der Waals surface area contributed by atoms with Crippen LogP contribution in [0.25, 0.3) is 0 Å². The van der Waals surface area contributed by atoms with Crippen molar-refractivity contribution in [2.45, 2.75) is 37.6 Å². The Labute approximate surface area is 141 Å². The summed E-state index contributed by atoms with van der Waals surface area (Å²) in [5.41, 5.74) is 7.13. The first-order valence-electron chi connectivity index (χ1n) is 8.32. The first kappa shape index (κ1) is 16.3. The van der Waals surface area contributed by atoms with E-state index in [1.54, 1.807) is 23.9 Å². The van der Waals surface area contributed by atoms with Crippen molar-refractivity contribution in [1.29, 1.82) is 0 Å². The Morgan fingerprint density at radius 1 is 1.21 bits per heavy atom. The molecule has 5 heteroatoms. The molecule has 0 aliphatic heterocycles. The summed E-state index contributed by atoms with van der Waals surface area (Å²) in [5.74, 6) is -0.674. The van der Waals surface area contributed by atoms with Crippen LogP contribution in [0.2, 0.25) is 0 Å². The molecule has 0 saturated heterocycles. The van der Waals surface area contributed by atoms with E-state index in [-0.39, 0.29) is 11.4 Å². The van der Waals surface area contributed by atoms with Gasteiger partial charge in [0.05, 0.1) is 5.56 Å². The van der Waals surface area contributed by atoms with E-state index in [2.05, 4.69) is 17.4 Å². The Hall–Kier alpha value is -2.56. The molecule has 5 nitrogen and oxygen atoms in total. The Bertz CT molecular complexity index is 743. The van der Waals surface area contributed by atoms with E-state index in [0.29, 0.717) is 11.3 Å². The van der Waals surface area contributed by atoms with Gasteiger partial charge in [0.25, 0.3) is 5.91 Å². The Morgan fingerprint density at radius 2 is 1.88 bits per heavy atom. The molecule has 3 rings (SSSR count). The number of amides is 2. The number of carbonyl (C=O) groups is 2. The number of nitrogens with one attached hydrogen (secondary N) is 1. The molecule has 24 heavy (non-hydrogen) atoms. The summed E-state index contributed by atoms with van der Waals surface area (Å²) in [6.07, 6.45) is 6.60. The van der Waals surface area contributed by atoms with Crippen molar-refractivity contribution in [3.8, 4) is 0 Å². The number of primary amides is 1. The van der Waals surface area contributed by atoms with E-state index in [0.717, 1.165) is 32.1 Å². The monoisotopic (exact) mass is 325 g/mol. The highest BCUT2D eigenvalue weighted by Crippen LogP contribution is 2.33. The summed E-state index contributed by atoms with van der Waals surface area (Å²) in [5, 5.41) is 3.24. The van der Waals surface area contributed by atoms with Crippen LogP contribution in [-0.4, -0.2) is 21.9 Å². The highest BCUT2D eigenvalue weighted by molar-refractivity contribution is 5.99. The number of nitrogens with zero attached hydrogens (tertiary/aromatic N) is 1. The van der Waals surface area contributed by atoms with Crippen LogP contribution in [0.5, 0.6) is 0 Å². The first-order valence-corrected chi connectivity index (χ1v) is 8.32. The molecule has 0 spiro atoms. The third-order valence-corrected chi connectivity index (χ3v) is 4.85. The molecular formula is C19H23N3O2. The normalized spacial score (nSPS) is 16.0. The zero-order valence-electron chi connectivity index (χ0n) is 13.9. The van der Waals surface area contributed by atoms with Gasteiger partial charge in [0.2, 0.25) is 5.91 Å². The topological polar surface area (TPSA) is 77.1 Å². The summed E-state index contributed by atoms with van der Waals surface area (Å²) >= 11 is 0. The van der Waals surface area contributed by atoms with Gasteiger partial charge in [0, 0.05) is 18.8 Å². The lowest BCUT2D eigenvalue weighted by molar-refractivity contribution is 0.0890. The minimum atomic E-state index is -0.524. The van der Waals surface area contributed by atoms with Gasteiger partial charge in [-0.3, -0.25) is 9.59 Å². The Balaban J connectivity index is 1.81. The van der Waals surface area contributed by atoms with Gasteiger partial charge < -0.3 is 15.6 Å².